The Labute approximate surface area is 95.3 Å². The summed E-state index contributed by atoms with van der Waals surface area (Å²) in [4.78, 5) is 26.9. The van der Waals surface area contributed by atoms with Crippen LogP contribution in [0, 0.1) is 0 Å². The van der Waals surface area contributed by atoms with Crippen LogP contribution in [0.5, 0.6) is 0 Å². The van der Waals surface area contributed by atoms with Gasteiger partial charge in [-0.05, 0) is 12.8 Å². The minimum Gasteiger partial charge on any atom is -0.481 e. The van der Waals surface area contributed by atoms with Gasteiger partial charge in [0.15, 0.2) is 5.13 Å². The molecule has 7 heteroatoms. The number of thiazole rings is 1. The Morgan fingerprint density at radius 2 is 2.38 bits per heavy atom. The van der Waals surface area contributed by atoms with Crippen LogP contribution in [0.2, 0.25) is 0 Å². The number of carboxylic acids is 1. The largest absolute Gasteiger partial charge is 0.481 e. The van der Waals surface area contributed by atoms with Crippen molar-refractivity contribution in [2.75, 3.05) is 12.4 Å². The molecule has 1 aliphatic rings. The van der Waals surface area contributed by atoms with Crippen LogP contribution in [0.15, 0.2) is 0 Å². The van der Waals surface area contributed by atoms with Gasteiger partial charge < -0.3 is 9.84 Å². The van der Waals surface area contributed by atoms with Crippen LogP contribution in [-0.2, 0) is 16.0 Å². The van der Waals surface area contributed by atoms with Gasteiger partial charge in [-0.25, -0.2) is 9.78 Å². The molecular formula is C9H10N2O4S. The van der Waals surface area contributed by atoms with E-state index >= 15 is 0 Å². The van der Waals surface area contributed by atoms with E-state index in [2.05, 4.69) is 15.0 Å². The molecule has 0 saturated carbocycles. The highest BCUT2D eigenvalue weighted by molar-refractivity contribution is 7.15. The van der Waals surface area contributed by atoms with E-state index in [0.717, 1.165) is 4.88 Å². The molecule has 0 bridgehead atoms. The van der Waals surface area contributed by atoms with Crippen molar-refractivity contribution in [1.29, 1.82) is 0 Å². The molecule has 2 rings (SSSR count). The molecule has 0 aromatic carbocycles. The molecule has 6 nitrogen and oxygen atoms in total. The zero-order valence-electron chi connectivity index (χ0n) is 8.52. The maximum atomic E-state index is 10.9. The third-order valence-electron chi connectivity index (χ3n) is 2.41. The molecular weight excluding hydrogens is 232 g/mol. The number of amides is 1. The van der Waals surface area contributed by atoms with E-state index in [1.165, 1.54) is 18.4 Å². The van der Waals surface area contributed by atoms with Gasteiger partial charge in [0.1, 0.15) is 5.92 Å². The highest BCUT2D eigenvalue weighted by Crippen LogP contribution is 2.38. The van der Waals surface area contributed by atoms with Crippen molar-refractivity contribution < 1.29 is 19.4 Å². The lowest BCUT2D eigenvalue weighted by Gasteiger charge is -2.01. The van der Waals surface area contributed by atoms with Crippen molar-refractivity contribution in [1.82, 2.24) is 4.98 Å². The lowest BCUT2D eigenvalue weighted by molar-refractivity contribution is -0.138. The van der Waals surface area contributed by atoms with E-state index in [0.29, 0.717) is 23.7 Å². The Kier molecular flexibility index (Phi) is 2.78. The number of nitrogens with zero attached hydrogens (tertiary/aromatic N) is 1. The van der Waals surface area contributed by atoms with Gasteiger partial charge in [0, 0.05) is 4.88 Å². The monoisotopic (exact) mass is 242 g/mol. The van der Waals surface area contributed by atoms with Crippen LogP contribution >= 0.6 is 11.3 Å². The fourth-order valence-electron chi connectivity index (χ4n) is 1.66. The highest BCUT2D eigenvalue weighted by Gasteiger charge is 2.32. The maximum absolute atomic E-state index is 10.9. The SMILES string of the molecule is COC(=O)Nc1nc2c(s1)CCC2C(=O)O. The number of hydrogen-bond acceptors (Lipinski definition) is 5. The number of methoxy groups -OCH3 is 1. The number of fused-ring (bicyclic) bond motifs is 1. The summed E-state index contributed by atoms with van der Waals surface area (Å²) in [5, 5.41) is 11.8. The lowest BCUT2D eigenvalue weighted by atomic mass is 10.1. The van der Waals surface area contributed by atoms with Gasteiger partial charge in [-0.15, -0.1) is 11.3 Å². The number of aliphatic carboxylic acids is 1. The van der Waals surface area contributed by atoms with Crippen molar-refractivity contribution in [3.63, 3.8) is 0 Å². The molecule has 0 spiro atoms. The summed E-state index contributed by atoms with van der Waals surface area (Å²) in [6.45, 7) is 0. The maximum Gasteiger partial charge on any atom is 0.413 e. The smallest absolute Gasteiger partial charge is 0.413 e. The van der Waals surface area contributed by atoms with E-state index in [9.17, 15) is 9.59 Å². The number of aromatic nitrogens is 1. The quantitative estimate of drug-likeness (QED) is 0.819. The number of rotatable bonds is 2. The molecule has 1 atom stereocenters. The van der Waals surface area contributed by atoms with Gasteiger partial charge in [-0.2, -0.15) is 0 Å². The first kappa shape index (κ1) is 10.9. The molecule has 0 fully saturated rings. The van der Waals surface area contributed by atoms with Crippen molar-refractivity contribution in [3.8, 4) is 0 Å². The third kappa shape index (κ3) is 1.85. The molecule has 1 heterocycles. The summed E-state index contributed by atoms with van der Waals surface area (Å²) in [5.74, 6) is -1.41. The summed E-state index contributed by atoms with van der Waals surface area (Å²) < 4.78 is 4.43. The van der Waals surface area contributed by atoms with Gasteiger partial charge in [0.05, 0.1) is 12.8 Å². The number of hydrogen-bond donors (Lipinski definition) is 2. The Balaban J connectivity index is 2.19. The average molecular weight is 242 g/mol. The van der Waals surface area contributed by atoms with E-state index in [-0.39, 0.29) is 0 Å². The molecule has 1 unspecified atom stereocenters. The van der Waals surface area contributed by atoms with E-state index in [1.54, 1.807) is 0 Å². The number of carboxylic acid groups (broad SMARTS) is 1. The zero-order chi connectivity index (χ0) is 11.7. The number of ether oxygens (including phenoxy) is 1. The number of carbonyl (C=O) groups is 2. The standard InChI is InChI=1S/C9H10N2O4S/c1-15-9(14)11-8-10-6-4(7(12)13)2-3-5(6)16-8/h4H,2-3H2,1H3,(H,12,13)(H,10,11,14). The first-order valence-corrected chi connectivity index (χ1v) is 5.51. The second kappa shape index (κ2) is 4.09. The van der Waals surface area contributed by atoms with Crippen LogP contribution in [0.3, 0.4) is 0 Å². The average Bonchev–Trinajstić information content (AvgIpc) is 2.75. The molecule has 1 aromatic heterocycles. The van der Waals surface area contributed by atoms with Crippen LogP contribution < -0.4 is 5.32 Å². The van der Waals surface area contributed by atoms with Crippen LogP contribution in [0.4, 0.5) is 9.93 Å². The third-order valence-corrected chi connectivity index (χ3v) is 3.46. The Morgan fingerprint density at radius 3 is 3.00 bits per heavy atom. The molecule has 1 aliphatic carbocycles. The molecule has 2 N–H and O–H groups in total. The normalized spacial score (nSPS) is 17.9. The predicted molar refractivity (Wildman–Crippen MR) is 56.8 cm³/mol. The van der Waals surface area contributed by atoms with Gasteiger partial charge in [0.2, 0.25) is 0 Å². The van der Waals surface area contributed by atoms with Gasteiger partial charge in [-0.1, -0.05) is 0 Å². The molecule has 0 aliphatic heterocycles. The molecule has 16 heavy (non-hydrogen) atoms. The molecule has 86 valence electrons. The van der Waals surface area contributed by atoms with Crippen LogP contribution in [0.25, 0.3) is 0 Å². The summed E-state index contributed by atoms with van der Waals surface area (Å²) in [6.07, 6.45) is 0.689. The number of anilines is 1. The van der Waals surface area contributed by atoms with E-state index in [1.807, 2.05) is 0 Å². The van der Waals surface area contributed by atoms with Gasteiger partial charge >= 0.3 is 12.1 Å². The first-order valence-electron chi connectivity index (χ1n) is 4.69. The van der Waals surface area contributed by atoms with E-state index in [4.69, 9.17) is 5.11 Å². The zero-order valence-corrected chi connectivity index (χ0v) is 9.34. The fraction of sp³-hybridized carbons (Fsp3) is 0.444. The molecule has 1 amide bonds. The minimum absolute atomic E-state index is 0.391. The second-order valence-electron chi connectivity index (χ2n) is 3.37. The van der Waals surface area contributed by atoms with Gasteiger partial charge in [-0.3, -0.25) is 10.1 Å². The first-order chi connectivity index (χ1) is 7.61. The highest BCUT2D eigenvalue weighted by atomic mass is 32.1. The molecule has 0 saturated heterocycles. The lowest BCUT2D eigenvalue weighted by Crippen LogP contribution is -2.12. The van der Waals surface area contributed by atoms with Crippen molar-refractivity contribution in [3.05, 3.63) is 10.6 Å². The fourth-order valence-corrected chi connectivity index (χ4v) is 2.68. The van der Waals surface area contributed by atoms with Crippen LogP contribution in [-0.4, -0.2) is 29.3 Å². The van der Waals surface area contributed by atoms with Crippen molar-refractivity contribution in [2.24, 2.45) is 0 Å². The number of aryl methyl sites for hydroxylation is 1. The van der Waals surface area contributed by atoms with Crippen LogP contribution in [0.1, 0.15) is 22.9 Å². The van der Waals surface area contributed by atoms with Crippen molar-refractivity contribution in [2.45, 2.75) is 18.8 Å². The number of nitrogens with one attached hydrogen (secondary N) is 1. The Bertz CT molecular complexity index is 443. The summed E-state index contributed by atoms with van der Waals surface area (Å²) in [5.41, 5.74) is 0.573. The summed E-state index contributed by atoms with van der Waals surface area (Å²) in [7, 11) is 1.26. The van der Waals surface area contributed by atoms with Gasteiger partial charge in [0.25, 0.3) is 0 Å². The van der Waals surface area contributed by atoms with Crippen molar-refractivity contribution >= 4 is 28.5 Å². The second-order valence-corrected chi connectivity index (χ2v) is 4.46. The summed E-state index contributed by atoms with van der Waals surface area (Å²) in [6, 6.07) is 0. The predicted octanol–water partition coefficient (Wildman–Crippen LogP) is 1.44. The molecule has 1 aromatic rings. The Hall–Kier alpha value is -1.63. The minimum atomic E-state index is -0.867. The number of carbonyl (C=O) groups excluding carboxylic acids is 1. The van der Waals surface area contributed by atoms with E-state index < -0.39 is 18.0 Å². The molecule has 0 radical (unpaired) electrons. The summed E-state index contributed by atoms with van der Waals surface area (Å²) >= 11 is 1.30. The Morgan fingerprint density at radius 1 is 1.62 bits per heavy atom. The topological polar surface area (TPSA) is 88.5 Å².